The number of nitrogens with zero attached hydrogens (tertiary/aromatic N) is 3. The van der Waals surface area contributed by atoms with Gasteiger partial charge >= 0.3 is 6.09 Å². The molecule has 1 saturated heterocycles. The highest BCUT2D eigenvalue weighted by Gasteiger charge is 2.46. The molecule has 2 aromatic carbocycles. The van der Waals surface area contributed by atoms with Crippen LogP contribution < -0.4 is 9.47 Å². The Morgan fingerprint density at radius 1 is 1.23 bits per heavy atom. The lowest BCUT2D eigenvalue weighted by atomic mass is 10.2. The zero-order valence-corrected chi connectivity index (χ0v) is 26.5. The van der Waals surface area contributed by atoms with E-state index in [0.29, 0.717) is 21.3 Å². The molecular formula is C28H32BrClFN3O5S. The van der Waals surface area contributed by atoms with E-state index in [0.717, 1.165) is 10.0 Å². The molecule has 1 aliphatic rings. The monoisotopic (exact) mass is 655 g/mol. The van der Waals surface area contributed by atoms with Crippen molar-refractivity contribution in [1.82, 2.24) is 15.1 Å². The fourth-order valence-corrected chi connectivity index (χ4v) is 5.78. The van der Waals surface area contributed by atoms with Crippen LogP contribution in [-0.2, 0) is 9.47 Å². The Hall–Kier alpha value is -2.47. The quantitative estimate of drug-likeness (QED) is 0.255. The van der Waals surface area contributed by atoms with Crippen molar-refractivity contribution in [2.75, 3.05) is 13.2 Å². The van der Waals surface area contributed by atoms with Crippen molar-refractivity contribution in [2.24, 2.45) is 0 Å². The van der Waals surface area contributed by atoms with Gasteiger partial charge in [-0.3, -0.25) is 4.90 Å². The van der Waals surface area contributed by atoms with Crippen molar-refractivity contribution in [3.8, 4) is 32.6 Å². The molecule has 1 unspecified atom stereocenters. The minimum atomic E-state index is -0.901. The molecule has 12 heteroatoms. The van der Waals surface area contributed by atoms with E-state index >= 15 is 4.39 Å². The van der Waals surface area contributed by atoms with E-state index in [4.69, 9.17) is 30.5 Å². The van der Waals surface area contributed by atoms with Crippen molar-refractivity contribution in [1.29, 1.82) is 0 Å². The summed E-state index contributed by atoms with van der Waals surface area (Å²) >= 11 is 11.3. The summed E-state index contributed by atoms with van der Waals surface area (Å²) < 4.78 is 39.0. The normalized spacial score (nSPS) is 16.9. The molecule has 2 heterocycles. The summed E-state index contributed by atoms with van der Waals surface area (Å²) in [4.78, 5) is 14.3. The number of aromatic nitrogens is 2. The molecule has 1 atom stereocenters. The van der Waals surface area contributed by atoms with Crippen LogP contribution in [0.2, 0.25) is 5.02 Å². The number of benzene rings is 2. The maximum Gasteiger partial charge on any atom is 0.413 e. The van der Waals surface area contributed by atoms with Gasteiger partial charge in [-0.2, -0.15) is 0 Å². The number of halogens is 3. The largest absolute Gasteiger partial charge is 0.491 e. The Morgan fingerprint density at radius 3 is 2.60 bits per heavy atom. The first-order chi connectivity index (χ1) is 18.6. The molecule has 0 N–H and O–H groups in total. The van der Waals surface area contributed by atoms with E-state index in [9.17, 15) is 4.79 Å². The fourth-order valence-electron chi connectivity index (χ4n) is 4.15. The van der Waals surface area contributed by atoms with Crippen LogP contribution in [0.1, 0.15) is 48.5 Å². The van der Waals surface area contributed by atoms with Gasteiger partial charge in [0.05, 0.1) is 23.8 Å². The molecule has 1 aliphatic heterocycles. The van der Waals surface area contributed by atoms with Gasteiger partial charge in [0.25, 0.3) is 0 Å². The third kappa shape index (κ3) is 7.23. The van der Waals surface area contributed by atoms with Gasteiger partial charge in [0.1, 0.15) is 33.7 Å². The molecule has 0 radical (unpaired) electrons. The Kier molecular flexibility index (Phi) is 8.99. The zero-order chi connectivity index (χ0) is 29.4. The predicted octanol–water partition coefficient (Wildman–Crippen LogP) is 7.97. The topological polar surface area (TPSA) is 83.0 Å². The highest BCUT2D eigenvalue weighted by Crippen LogP contribution is 2.39. The second-order valence-electron chi connectivity index (χ2n) is 11.1. The maximum atomic E-state index is 15.2. The molecule has 0 aliphatic carbocycles. The van der Waals surface area contributed by atoms with E-state index in [1.54, 1.807) is 34.6 Å². The molecule has 1 amide bonds. The van der Waals surface area contributed by atoms with Gasteiger partial charge in [-0.05, 0) is 72.7 Å². The van der Waals surface area contributed by atoms with E-state index in [-0.39, 0.29) is 30.1 Å². The lowest BCUT2D eigenvalue weighted by molar-refractivity contribution is -0.0637. The van der Waals surface area contributed by atoms with Crippen molar-refractivity contribution in [3.63, 3.8) is 0 Å². The van der Waals surface area contributed by atoms with Gasteiger partial charge in [0.2, 0.25) is 0 Å². The molecule has 8 nitrogen and oxygen atoms in total. The van der Waals surface area contributed by atoms with Crippen LogP contribution >= 0.6 is 38.9 Å². The molecule has 1 aromatic heterocycles. The van der Waals surface area contributed by atoms with Crippen molar-refractivity contribution < 1.29 is 28.1 Å². The highest BCUT2D eigenvalue weighted by atomic mass is 79.9. The van der Waals surface area contributed by atoms with Crippen LogP contribution in [0, 0.1) is 5.82 Å². The number of carbonyl (C=O) groups excluding carboxylic acids is 1. The molecule has 0 saturated carbocycles. The number of rotatable bonds is 7. The summed E-state index contributed by atoms with van der Waals surface area (Å²) in [6.45, 7) is 13.0. The van der Waals surface area contributed by atoms with Gasteiger partial charge in [0, 0.05) is 21.7 Å². The summed E-state index contributed by atoms with van der Waals surface area (Å²) in [6, 6.07) is 7.86. The number of amides is 1. The van der Waals surface area contributed by atoms with Gasteiger partial charge in [0.15, 0.2) is 11.6 Å². The number of hydrogen-bond acceptors (Lipinski definition) is 8. The Labute approximate surface area is 250 Å². The molecule has 216 valence electrons. The van der Waals surface area contributed by atoms with E-state index < -0.39 is 29.3 Å². The van der Waals surface area contributed by atoms with Crippen molar-refractivity contribution in [3.05, 3.63) is 45.6 Å². The summed E-state index contributed by atoms with van der Waals surface area (Å²) in [5.41, 5.74) is -0.379. The van der Waals surface area contributed by atoms with Crippen LogP contribution in [0.3, 0.4) is 0 Å². The first-order valence-corrected chi connectivity index (χ1v) is 14.7. The van der Waals surface area contributed by atoms with Gasteiger partial charge in [-0.25, -0.2) is 9.18 Å². The first kappa shape index (κ1) is 30.5. The molecule has 0 bridgehead atoms. The van der Waals surface area contributed by atoms with Gasteiger partial charge in [-0.15, -0.1) is 10.2 Å². The summed E-state index contributed by atoms with van der Waals surface area (Å²) in [5, 5.41) is 9.87. The lowest BCUT2D eigenvalue weighted by Gasteiger charge is -2.35. The summed E-state index contributed by atoms with van der Waals surface area (Å²) in [5.74, 6) is 0.0333. The third-order valence-electron chi connectivity index (χ3n) is 5.76. The van der Waals surface area contributed by atoms with Crippen LogP contribution in [0.5, 0.6) is 11.5 Å². The molecule has 1 fully saturated rings. The number of hydrogen-bond donors (Lipinski definition) is 0. The van der Waals surface area contributed by atoms with E-state index in [2.05, 4.69) is 26.1 Å². The molecule has 4 rings (SSSR count). The SMILES string of the molecule is CC(C)Oc1cc(Br)cc(-c2nnc(-c3cc(F)c(OCC4COC(C)(C)N4C(=O)OC(C)(C)C)cc3Cl)s2)c1. The van der Waals surface area contributed by atoms with Crippen molar-refractivity contribution in [2.45, 2.75) is 71.9 Å². The van der Waals surface area contributed by atoms with E-state index in [1.807, 2.05) is 32.0 Å². The molecular weight excluding hydrogens is 625 g/mol. The van der Waals surface area contributed by atoms with Crippen LogP contribution in [-0.4, -0.2) is 57.9 Å². The first-order valence-electron chi connectivity index (χ1n) is 12.7. The minimum absolute atomic E-state index is 0.0120. The van der Waals surface area contributed by atoms with Crippen LogP contribution in [0.4, 0.5) is 9.18 Å². The average Bonchev–Trinajstić information content (AvgIpc) is 3.41. The second-order valence-corrected chi connectivity index (χ2v) is 13.4. The van der Waals surface area contributed by atoms with Gasteiger partial charge in [-0.1, -0.05) is 38.9 Å². The van der Waals surface area contributed by atoms with Crippen LogP contribution in [0.25, 0.3) is 21.1 Å². The third-order valence-corrected chi connectivity index (χ3v) is 7.54. The summed E-state index contributed by atoms with van der Waals surface area (Å²) in [6.07, 6.45) is -0.513. The number of carbonyl (C=O) groups is 1. The maximum absolute atomic E-state index is 15.2. The number of ether oxygens (including phenoxy) is 4. The van der Waals surface area contributed by atoms with E-state index in [1.165, 1.54) is 28.4 Å². The average molecular weight is 657 g/mol. The second kappa shape index (κ2) is 11.8. The van der Waals surface area contributed by atoms with Crippen molar-refractivity contribution >= 4 is 45.0 Å². The molecule has 40 heavy (non-hydrogen) atoms. The fraction of sp³-hybridized carbons (Fsp3) is 0.464. The Morgan fingerprint density at radius 2 is 1.93 bits per heavy atom. The molecule has 3 aromatic rings. The standard InChI is InChI=1S/C28H32BrClFN3O5S/c1-15(2)38-19-9-16(8-17(29)10-19)24-32-33-25(40-24)20-11-22(31)23(12-21(20)30)36-13-18-14-37-28(6,7)34(18)26(35)39-27(3,4)5/h8-12,15,18H,13-14H2,1-7H3. The lowest BCUT2D eigenvalue weighted by Crippen LogP contribution is -2.51. The van der Waals surface area contributed by atoms with Gasteiger partial charge < -0.3 is 18.9 Å². The summed E-state index contributed by atoms with van der Waals surface area (Å²) in [7, 11) is 0. The Bertz CT molecular complexity index is 1390. The minimum Gasteiger partial charge on any atom is -0.491 e. The Balaban J connectivity index is 1.51. The highest BCUT2D eigenvalue weighted by molar-refractivity contribution is 9.10. The van der Waals surface area contributed by atoms with Crippen LogP contribution in [0.15, 0.2) is 34.8 Å². The zero-order valence-electron chi connectivity index (χ0n) is 23.4. The predicted molar refractivity (Wildman–Crippen MR) is 157 cm³/mol. The smallest absolute Gasteiger partial charge is 0.413 e. The molecule has 0 spiro atoms.